The monoisotopic (exact) mass is 348 g/mol. The summed E-state index contributed by atoms with van der Waals surface area (Å²) in [5, 5.41) is 4.18. The average Bonchev–Trinajstić information content (AvgIpc) is 2.53. The molecule has 2 aromatic rings. The second-order valence-corrected chi connectivity index (χ2v) is 4.74. The first-order chi connectivity index (χ1) is 6.25. The maximum absolute atomic E-state index is 4.18. The molecule has 1 heterocycles. The lowest BCUT2D eigenvalue weighted by Crippen LogP contribution is -1.92. The highest BCUT2D eigenvalue weighted by Gasteiger charge is 1.97. The van der Waals surface area contributed by atoms with Crippen molar-refractivity contribution in [3.63, 3.8) is 0 Å². The van der Waals surface area contributed by atoms with Gasteiger partial charge in [-0.25, -0.2) is 4.68 Å². The van der Waals surface area contributed by atoms with E-state index in [-0.39, 0.29) is 0 Å². The minimum Gasteiger partial charge on any atom is -0.240 e. The van der Waals surface area contributed by atoms with Gasteiger partial charge in [0.15, 0.2) is 0 Å². The summed E-state index contributed by atoms with van der Waals surface area (Å²) in [5.74, 6) is 0. The van der Waals surface area contributed by atoms with Crippen LogP contribution in [0.2, 0.25) is 0 Å². The van der Waals surface area contributed by atoms with E-state index in [1.54, 1.807) is 6.20 Å². The van der Waals surface area contributed by atoms with Crippen LogP contribution in [0.4, 0.5) is 0 Å². The first-order valence-corrected chi connectivity index (χ1v) is 5.59. The lowest BCUT2D eigenvalue weighted by molar-refractivity contribution is 0.880. The van der Waals surface area contributed by atoms with Crippen molar-refractivity contribution in [2.75, 3.05) is 0 Å². The van der Waals surface area contributed by atoms with Crippen molar-refractivity contribution in [3.05, 3.63) is 44.7 Å². The molecule has 66 valence electrons. The van der Waals surface area contributed by atoms with Crippen LogP contribution in [0.5, 0.6) is 0 Å². The fourth-order valence-electron chi connectivity index (χ4n) is 1.04. The molecule has 0 aliphatic heterocycles. The summed E-state index contributed by atoms with van der Waals surface area (Å²) in [6.45, 7) is 0. The Labute approximate surface area is 98.2 Å². The second kappa shape index (κ2) is 3.79. The molecule has 1 aromatic carbocycles. The van der Waals surface area contributed by atoms with Crippen molar-refractivity contribution in [1.82, 2.24) is 9.78 Å². The zero-order valence-electron chi connectivity index (χ0n) is 6.61. The second-order valence-electron chi connectivity index (χ2n) is 2.58. The molecule has 0 radical (unpaired) electrons. The lowest BCUT2D eigenvalue weighted by atomic mass is 10.3. The Balaban J connectivity index is 2.41. The third-order valence-corrected chi connectivity index (χ3v) is 2.77. The summed E-state index contributed by atoms with van der Waals surface area (Å²) in [5.41, 5.74) is 1.08. The van der Waals surface area contributed by atoms with Gasteiger partial charge >= 0.3 is 0 Å². The Kier molecular flexibility index (Phi) is 2.69. The normalized spacial score (nSPS) is 10.3. The molecule has 0 aliphatic rings. The van der Waals surface area contributed by atoms with E-state index < -0.39 is 0 Å². The molecule has 2 rings (SSSR count). The zero-order chi connectivity index (χ0) is 9.26. The zero-order valence-corrected chi connectivity index (χ0v) is 10.4. The minimum atomic E-state index is 0.992. The van der Waals surface area contributed by atoms with Gasteiger partial charge in [-0.05, 0) is 62.8 Å². The predicted octanol–water partition coefficient (Wildman–Crippen LogP) is 3.24. The summed E-state index contributed by atoms with van der Waals surface area (Å²) in [7, 11) is 0. The summed E-state index contributed by atoms with van der Waals surface area (Å²) in [4.78, 5) is 0. The number of hydrogen-bond donors (Lipinski definition) is 0. The molecule has 0 unspecified atom stereocenters. The van der Waals surface area contributed by atoms with Crippen molar-refractivity contribution in [3.8, 4) is 5.69 Å². The molecule has 0 atom stereocenters. The van der Waals surface area contributed by atoms with Crippen molar-refractivity contribution in [2.24, 2.45) is 0 Å². The highest BCUT2D eigenvalue weighted by atomic mass is 127. The van der Waals surface area contributed by atoms with Crippen LogP contribution in [0.25, 0.3) is 5.69 Å². The van der Waals surface area contributed by atoms with Gasteiger partial charge in [-0.1, -0.05) is 0 Å². The van der Waals surface area contributed by atoms with Crippen molar-refractivity contribution >= 4 is 38.5 Å². The molecule has 4 heteroatoms. The maximum atomic E-state index is 4.18. The molecule has 0 fully saturated rings. The van der Waals surface area contributed by atoms with E-state index in [4.69, 9.17) is 0 Å². The van der Waals surface area contributed by atoms with Gasteiger partial charge in [0, 0.05) is 9.77 Å². The highest BCUT2D eigenvalue weighted by Crippen LogP contribution is 2.13. The predicted molar refractivity (Wildman–Crippen MR) is 64.0 cm³/mol. The summed E-state index contributed by atoms with van der Waals surface area (Å²) in [6.07, 6.45) is 3.71. The van der Waals surface area contributed by atoms with E-state index in [2.05, 4.69) is 55.8 Å². The van der Waals surface area contributed by atoms with Crippen LogP contribution in [-0.4, -0.2) is 9.78 Å². The van der Waals surface area contributed by atoms with Crippen LogP contribution in [0.15, 0.2) is 41.1 Å². The van der Waals surface area contributed by atoms with E-state index in [1.807, 2.05) is 23.0 Å². The molecule has 0 saturated carbocycles. The third kappa shape index (κ3) is 2.11. The molecule has 0 spiro atoms. The fraction of sp³-hybridized carbons (Fsp3) is 0. The number of benzene rings is 1. The smallest absolute Gasteiger partial charge is 0.0646 e. The highest BCUT2D eigenvalue weighted by molar-refractivity contribution is 14.1. The molecule has 0 N–H and O–H groups in total. The van der Waals surface area contributed by atoms with Gasteiger partial charge in [-0.2, -0.15) is 5.10 Å². The largest absolute Gasteiger partial charge is 0.240 e. The molecule has 0 amide bonds. The Bertz CT molecular complexity index is 408. The Morgan fingerprint density at radius 1 is 1.23 bits per heavy atom. The molecule has 0 saturated heterocycles. The summed E-state index contributed by atoms with van der Waals surface area (Å²) in [6, 6.07) is 8.21. The quantitative estimate of drug-likeness (QED) is 0.723. The van der Waals surface area contributed by atoms with Gasteiger partial charge in [0.05, 0.1) is 16.4 Å². The SMILES string of the molecule is Brc1cnn(-c2ccc(I)cc2)c1. The number of aromatic nitrogens is 2. The molecule has 0 aliphatic carbocycles. The molecular weight excluding hydrogens is 343 g/mol. The van der Waals surface area contributed by atoms with E-state index in [0.29, 0.717) is 0 Å². The van der Waals surface area contributed by atoms with Crippen LogP contribution in [-0.2, 0) is 0 Å². The third-order valence-electron chi connectivity index (χ3n) is 1.64. The fourth-order valence-corrected chi connectivity index (χ4v) is 1.68. The number of rotatable bonds is 1. The van der Waals surface area contributed by atoms with Crippen molar-refractivity contribution in [1.29, 1.82) is 0 Å². The average molecular weight is 349 g/mol. The van der Waals surface area contributed by atoms with E-state index in [1.165, 1.54) is 3.57 Å². The van der Waals surface area contributed by atoms with E-state index in [0.717, 1.165) is 10.2 Å². The first-order valence-electron chi connectivity index (χ1n) is 3.72. The van der Waals surface area contributed by atoms with Crippen LogP contribution < -0.4 is 0 Å². The Morgan fingerprint density at radius 2 is 1.92 bits per heavy atom. The van der Waals surface area contributed by atoms with Gasteiger partial charge in [-0.15, -0.1) is 0 Å². The molecule has 1 aromatic heterocycles. The number of hydrogen-bond acceptors (Lipinski definition) is 1. The van der Waals surface area contributed by atoms with Crippen molar-refractivity contribution < 1.29 is 0 Å². The van der Waals surface area contributed by atoms with Gasteiger partial charge in [0.25, 0.3) is 0 Å². The molecular formula is C9H6BrIN2. The van der Waals surface area contributed by atoms with Gasteiger partial charge in [0.1, 0.15) is 0 Å². The van der Waals surface area contributed by atoms with Gasteiger partial charge < -0.3 is 0 Å². The van der Waals surface area contributed by atoms with Crippen LogP contribution in [0.1, 0.15) is 0 Å². The number of nitrogens with zero attached hydrogens (tertiary/aromatic N) is 2. The molecule has 2 nitrogen and oxygen atoms in total. The standard InChI is InChI=1S/C9H6BrIN2/c10-7-5-12-13(6-7)9-3-1-8(11)2-4-9/h1-6H. The van der Waals surface area contributed by atoms with Crippen molar-refractivity contribution in [2.45, 2.75) is 0 Å². The Hall–Kier alpha value is -0.360. The van der Waals surface area contributed by atoms with Crippen LogP contribution >= 0.6 is 38.5 Å². The van der Waals surface area contributed by atoms with Crippen LogP contribution in [0, 0.1) is 3.57 Å². The molecule has 0 bridgehead atoms. The van der Waals surface area contributed by atoms with Crippen LogP contribution in [0.3, 0.4) is 0 Å². The molecule has 13 heavy (non-hydrogen) atoms. The van der Waals surface area contributed by atoms with Gasteiger partial charge in [-0.3, -0.25) is 0 Å². The maximum Gasteiger partial charge on any atom is 0.0646 e. The lowest BCUT2D eigenvalue weighted by Gasteiger charge is -1.99. The minimum absolute atomic E-state index is 0.992. The van der Waals surface area contributed by atoms with Gasteiger partial charge in [0.2, 0.25) is 0 Å². The topological polar surface area (TPSA) is 17.8 Å². The Morgan fingerprint density at radius 3 is 2.46 bits per heavy atom. The summed E-state index contributed by atoms with van der Waals surface area (Å²) < 4.78 is 4.05. The number of halogens is 2. The summed E-state index contributed by atoms with van der Waals surface area (Å²) >= 11 is 5.64. The van der Waals surface area contributed by atoms with E-state index in [9.17, 15) is 0 Å². The van der Waals surface area contributed by atoms with E-state index >= 15 is 0 Å². The first kappa shape index (κ1) is 9.21.